The molecule has 2 aromatic rings. The van der Waals surface area contributed by atoms with E-state index in [0.29, 0.717) is 16.6 Å². The molecule has 2 heterocycles. The Morgan fingerprint density at radius 1 is 1.28 bits per heavy atom. The van der Waals surface area contributed by atoms with E-state index in [4.69, 9.17) is 17.0 Å². The Hall–Kier alpha value is -2.93. The highest BCUT2D eigenvalue weighted by Crippen LogP contribution is 2.31. The molecule has 0 radical (unpaired) electrons. The fourth-order valence-corrected chi connectivity index (χ4v) is 2.98. The minimum absolute atomic E-state index is 0.216. The number of aromatic nitrogens is 1. The molecule has 1 aliphatic rings. The number of carbonyl (C=O) groups excluding carboxylic acids is 1. The van der Waals surface area contributed by atoms with Gasteiger partial charge in [0, 0.05) is 11.9 Å². The maximum Gasteiger partial charge on any atom is 0.237 e. The first-order valence-corrected chi connectivity index (χ1v) is 8.11. The molecular weight excluding hydrogens is 336 g/mol. The van der Waals surface area contributed by atoms with Crippen LogP contribution in [-0.2, 0) is 4.79 Å². The number of nitrogens with zero attached hydrogens (tertiary/aromatic N) is 1. The second-order valence-corrected chi connectivity index (χ2v) is 5.96. The minimum Gasteiger partial charge on any atom is -0.497 e. The van der Waals surface area contributed by atoms with Gasteiger partial charge >= 0.3 is 0 Å². The maximum absolute atomic E-state index is 12.8. The molecule has 0 saturated carbocycles. The Morgan fingerprint density at radius 2 is 2.04 bits per heavy atom. The van der Waals surface area contributed by atoms with Gasteiger partial charge in [-0.25, -0.2) is 4.98 Å². The van der Waals surface area contributed by atoms with Crippen LogP contribution in [0.1, 0.15) is 11.6 Å². The van der Waals surface area contributed by atoms with E-state index >= 15 is 0 Å². The molecule has 6 nitrogen and oxygen atoms in total. The van der Waals surface area contributed by atoms with E-state index in [1.54, 1.807) is 25.4 Å². The van der Waals surface area contributed by atoms with Crippen molar-refractivity contribution in [2.24, 2.45) is 5.92 Å². The summed E-state index contributed by atoms with van der Waals surface area (Å²) in [4.78, 5) is 17.0. The van der Waals surface area contributed by atoms with E-state index in [1.165, 1.54) is 0 Å². The van der Waals surface area contributed by atoms with E-state index in [-0.39, 0.29) is 11.9 Å². The van der Waals surface area contributed by atoms with Gasteiger partial charge in [0.15, 0.2) is 5.11 Å². The lowest BCUT2D eigenvalue weighted by atomic mass is 9.88. The van der Waals surface area contributed by atoms with Crippen LogP contribution in [0, 0.1) is 5.92 Å². The highest BCUT2D eigenvalue weighted by Gasteiger charge is 2.36. The SMILES string of the molecule is C=C1NC(=S)NC(c2ccc(OC)cc2)C1C(=O)Nc1ccccn1. The van der Waals surface area contributed by atoms with E-state index in [2.05, 4.69) is 27.5 Å². The van der Waals surface area contributed by atoms with Gasteiger partial charge in [-0.2, -0.15) is 0 Å². The lowest BCUT2D eigenvalue weighted by Crippen LogP contribution is -2.51. The van der Waals surface area contributed by atoms with Crippen LogP contribution in [0.4, 0.5) is 5.82 Å². The van der Waals surface area contributed by atoms with Crippen LogP contribution in [-0.4, -0.2) is 23.1 Å². The summed E-state index contributed by atoms with van der Waals surface area (Å²) in [5.41, 5.74) is 1.45. The molecular formula is C18H18N4O2S. The Bertz CT molecular complexity index is 792. The molecule has 1 aromatic carbocycles. The number of anilines is 1. The number of amides is 1. The Labute approximate surface area is 151 Å². The van der Waals surface area contributed by atoms with Crippen molar-refractivity contribution < 1.29 is 9.53 Å². The monoisotopic (exact) mass is 354 g/mol. The molecule has 1 amide bonds. The van der Waals surface area contributed by atoms with Gasteiger partial charge in [0.05, 0.1) is 13.2 Å². The molecule has 0 bridgehead atoms. The number of hydrogen-bond donors (Lipinski definition) is 3. The zero-order valence-electron chi connectivity index (χ0n) is 13.7. The largest absolute Gasteiger partial charge is 0.497 e. The van der Waals surface area contributed by atoms with Crippen molar-refractivity contribution in [1.82, 2.24) is 15.6 Å². The van der Waals surface area contributed by atoms with Gasteiger partial charge in [-0.1, -0.05) is 24.8 Å². The Morgan fingerprint density at radius 3 is 2.68 bits per heavy atom. The highest BCUT2D eigenvalue weighted by molar-refractivity contribution is 7.80. The molecule has 1 aromatic heterocycles. The number of hydrogen-bond acceptors (Lipinski definition) is 4. The molecule has 1 saturated heterocycles. The van der Waals surface area contributed by atoms with Crippen LogP contribution >= 0.6 is 12.2 Å². The smallest absolute Gasteiger partial charge is 0.237 e. The van der Waals surface area contributed by atoms with Crippen molar-refractivity contribution in [3.05, 3.63) is 66.5 Å². The molecule has 2 unspecified atom stereocenters. The molecule has 0 spiro atoms. The summed E-state index contributed by atoms with van der Waals surface area (Å²) in [5, 5.41) is 9.35. The van der Waals surface area contributed by atoms with Gasteiger partial charge in [-0.05, 0) is 42.0 Å². The van der Waals surface area contributed by atoms with Crippen LogP contribution in [0.3, 0.4) is 0 Å². The van der Waals surface area contributed by atoms with Gasteiger partial charge in [0.1, 0.15) is 17.5 Å². The lowest BCUT2D eigenvalue weighted by molar-refractivity contribution is -0.119. The van der Waals surface area contributed by atoms with Crippen LogP contribution in [0.5, 0.6) is 5.75 Å². The molecule has 0 aliphatic carbocycles. The number of ether oxygens (including phenoxy) is 1. The number of carbonyl (C=O) groups is 1. The first kappa shape index (κ1) is 16.9. The van der Waals surface area contributed by atoms with Crippen LogP contribution in [0.15, 0.2) is 60.9 Å². The molecule has 1 fully saturated rings. The topological polar surface area (TPSA) is 75.3 Å². The van der Waals surface area contributed by atoms with E-state index in [1.807, 2.05) is 30.3 Å². The predicted octanol–water partition coefficient (Wildman–Crippen LogP) is 2.38. The normalized spacial score (nSPS) is 19.6. The third-order valence-electron chi connectivity index (χ3n) is 3.94. The van der Waals surface area contributed by atoms with Crippen molar-refractivity contribution in [1.29, 1.82) is 0 Å². The standard InChI is InChI=1S/C18H18N4O2S/c1-11-15(17(23)21-14-5-3-4-10-19-14)16(22-18(25)20-11)12-6-8-13(24-2)9-7-12/h3-10,15-16H,1H2,2H3,(H,19,21,23)(H2,20,22,25). The average molecular weight is 354 g/mol. The molecule has 2 atom stereocenters. The number of pyridine rings is 1. The van der Waals surface area contributed by atoms with Crippen LogP contribution in [0.25, 0.3) is 0 Å². The maximum atomic E-state index is 12.8. The van der Waals surface area contributed by atoms with E-state index < -0.39 is 5.92 Å². The zero-order chi connectivity index (χ0) is 17.8. The van der Waals surface area contributed by atoms with Crippen molar-refractivity contribution in [3.8, 4) is 5.75 Å². The van der Waals surface area contributed by atoms with Crippen molar-refractivity contribution in [3.63, 3.8) is 0 Å². The number of thiocarbonyl (C=S) groups is 1. The molecule has 3 N–H and O–H groups in total. The lowest BCUT2D eigenvalue weighted by Gasteiger charge is -2.35. The van der Waals surface area contributed by atoms with Crippen molar-refractivity contribution >= 4 is 29.1 Å². The average Bonchev–Trinajstić information content (AvgIpc) is 2.62. The quantitative estimate of drug-likeness (QED) is 0.732. The zero-order valence-corrected chi connectivity index (χ0v) is 14.5. The second kappa shape index (κ2) is 7.31. The van der Waals surface area contributed by atoms with Gasteiger partial charge in [0.25, 0.3) is 0 Å². The van der Waals surface area contributed by atoms with Gasteiger partial charge < -0.3 is 20.7 Å². The number of nitrogens with one attached hydrogen (secondary N) is 3. The summed E-state index contributed by atoms with van der Waals surface area (Å²) in [6.45, 7) is 3.97. The molecule has 1 aliphatic heterocycles. The minimum atomic E-state index is -0.554. The second-order valence-electron chi connectivity index (χ2n) is 5.56. The summed E-state index contributed by atoms with van der Waals surface area (Å²) in [6, 6.07) is 12.5. The van der Waals surface area contributed by atoms with Gasteiger partial charge in [-0.15, -0.1) is 0 Å². The predicted molar refractivity (Wildman–Crippen MR) is 100 cm³/mol. The highest BCUT2D eigenvalue weighted by atomic mass is 32.1. The number of rotatable bonds is 4. The molecule has 25 heavy (non-hydrogen) atoms. The third kappa shape index (κ3) is 3.77. The van der Waals surface area contributed by atoms with E-state index in [9.17, 15) is 4.79 Å². The first-order chi connectivity index (χ1) is 12.1. The molecule has 7 heteroatoms. The van der Waals surface area contributed by atoms with Crippen molar-refractivity contribution in [2.45, 2.75) is 6.04 Å². The van der Waals surface area contributed by atoms with Gasteiger partial charge in [0.2, 0.25) is 5.91 Å². The fraction of sp³-hybridized carbons (Fsp3) is 0.167. The Kier molecular flexibility index (Phi) is 4.95. The first-order valence-electron chi connectivity index (χ1n) is 7.70. The summed E-state index contributed by atoms with van der Waals surface area (Å²) in [6.07, 6.45) is 1.62. The number of benzene rings is 1. The van der Waals surface area contributed by atoms with E-state index in [0.717, 1.165) is 11.3 Å². The fourth-order valence-electron chi connectivity index (χ4n) is 2.72. The third-order valence-corrected chi connectivity index (χ3v) is 4.16. The summed E-state index contributed by atoms with van der Waals surface area (Å²) < 4.78 is 5.19. The summed E-state index contributed by atoms with van der Waals surface area (Å²) >= 11 is 5.23. The molecule has 3 rings (SSSR count). The summed E-state index contributed by atoms with van der Waals surface area (Å²) in [5.74, 6) is 0.463. The van der Waals surface area contributed by atoms with Crippen LogP contribution < -0.4 is 20.7 Å². The van der Waals surface area contributed by atoms with Gasteiger partial charge in [-0.3, -0.25) is 4.79 Å². The van der Waals surface area contributed by atoms with Crippen LogP contribution in [0.2, 0.25) is 0 Å². The Balaban J connectivity index is 1.88. The van der Waals surface area contributed by atoms with Crippen molar-refractivity contribution in [2.75, 3.05) is 12.4 Å². The number of methoxy groups -OCH3 is 1. The summed E-state index contributed by atoms with van der Waals surface area (Å²) in [7, 11) is 1.61. The molecule has 128 valence electrons.